The highest BCUT2D eigenvalue weighted by molar-refractivity contribution is 5.76. The molecule has 1 aliphatic carbocycles. The van der Waals surface area contributed by atoms with Gasteiger partial charge in [0, 0.05) is 36.8 Å². The van der Waals surface area contributed by atoms with Crippen molar-refractivity contribution in [3.8, 4) is 11.6 Å². The number of nitrogens with zero attached hydrogens (tertiary/aromatic N) is 5. The standard InChI is InChI=1S/C21H26N6O3/c1-13-17(14(2)30-27-13)7-8-19(28)24-11-15-3-5-16(6-4-15)20-25-26-21(29-20)18-12-22-9-10-23-18/h9-10,12,15-16H,3-8,11H2,1-2H3,(H,24,28). The molecule has 0 unspecified atom stereocenters. The topological polar surface area (TPSA) is 120 Å². The van der Waals surface area contributed by atoms with Gasteiger partial charge in [0.15, 0.2) is 0 Å². The minimum atomic E-state index is 0.0719. The fourth-order valence-corrected chi connectivity index (χ4v) is 3.97. The molecule has 0 radical (unpaired) electrons. The number of nitrogens with one attached hydrogen (secondary N) is 1. The lowest BCUT2D eigenvalue weighted by Gasteiger charge is -2.26. The van der Waals surface area contributed by atoms with Gasteiger partial charge in [0.2, 0.25) is 11.8 Å². The van der Waals surface area contributed by atoms with Crippen LogP contribution in [0, 0.1) is 19.8 Å². The van der Waals surface area contributed by atoms with Gasteiger partial charge in [0.1, 0.15) is 11.5 Å². The summed E-state index contributed by atoms with van der Waals surface area (Å²) < 4.78 is 11.0. The Kier molecular flexibility index (Phi) is 6.15. The van der Waals surface area contributed by atoms with Crippen LogP contribution >= 0.6 is 0 Å². The van der Waals surface area contributed by atoms with Gasteiger partial charge < -0.3 is 14.3 Å². The maximum atomic E-state index is 12.2. The maximum absolute atomic E-state index is 12.2. The Morgan fingerprint density at radius 2 is 2.00 bits per heavy atom. The molecule has 3 heterocycles. The highest BCUT2D eigenvalue weighted by Gasteiger charge is 2.27. The molecule has 0 bridgehead atoms. The van der Waals surface area contributed by atoms with E-state index in [1.165, 1.54) is 0 Å². The molecule has 158 valence electrons. The summed E-state index contributed by atoms with van der Waals surface area (Å²) in [5.74, 6) is 2.68. The number of rotatable bonds is 7. The summed E-state index contributed by atoms with van der Waals surface area (Å²) in [5.41, 5.74) is 2.48. The highest BCUT2D eigenvalue weighted by atomic mass is 16.5. The van der Waals surface area contributed by atoms with E-state index in [2.05, 4.69) is 30.6 Å². The van der Waals surface area contributed by atoms with Crippen LogP contribution in [0.1, 0.15) is 60.9 Å². The molecule has 0 atom stereocenters. The summed E-state index contributed by atoms with van der Waals surface area (Å²) in [6.45, 7) is 4.49. The molecule has 1 amide bonds. The molecule has 1 saturated carbocycles. The van der Waals surface area contributed by atoms with E-state index in [1.807, 2.05) is 13.8 Å². The van der Waals surface area contributed by atoms with Crippen molar-refractivity contribution in [1.29, 1.82) is 0 Å². The van der Waals surface area contributed by atoms with Crippen LogP contribution in [0.5, 0.6) is 0 Å². The number of aromatic nitrogens is 5. The van der Waals surface area contributed by atoms with Crippen LogP contribution in [0.25, 0.3) is 11.6 Å². The molecule has 3 aromatic heterocycles. The lowest BCUT2D eigenvalue weighted by atomic mass is 9.82. The Bertz CT molecular complexity index is 956. The predicted octanol–water partition coefficient (Wildman–Crippen LogP) is 3.15. The largest absolute Gasteiger partial charge is 0.419 e. The van der Waals surface area contributed by atoms with Crippen LogP contribution in [0.4, 0.5) is 0 Å². The van der Waals surface area contributed by atoms with Gasteiger partial charge in [-0.25, -0.2) is 4.98 Å². The van der Waals surface area contributed by atoms with Gasteiger partial charge in [-0.05, 0) is 51.9 Å². The minimum absolute atomic E-state index is 0.0719. The number of hydrogen-bond acceptors (Lipinski definition) is 8. The number of aryl methyl sites for hydroxylation is 2. The van der Waals surface area contributed by atoms with Crippen LogP contribution < -0.4 is 5.32 Å². The fraction of sp³-hybridized carbons (Fsp3) is 0.524. The monoisotopic (exact) mass is 410 g/mol. The molecular formula is C21H26N6O3. The Morgan fingerprint density at radius 1 is 1.17 bits per heavy atom. The van der Waals surface area contributed by atoms with Gasteiger partial charge in [-0.3, -0.25) is 9.78 Å². The van der Waals surface area contributed by atoms with E-state index in [4.69, 9.17) is 8.94 Å². The van der Waals surface area contributed by atoms with E-state index in [-0.39, 0.29) is 11.8 Å². The second-order valence-corrected chi connectivity index (χ2v) is 7.86. The number of carbonyl (C=O) groups excluding carboxylic acids is 1. The first-order valence-corrected chi connectivity index (χ1v) is 10.4. The van der Waals surface area contributed by atoms with Gasteiger partial charge in [-0.1, -0.05) is 5.16 Å². The van der Waals surface area contributed by atoms with Crippen molar-refractivity contribution in [3.63, 3.8) is 0 Å². The maximum Gasteiger partial charge on any atom is 0.267 e. The van der Waals surface area contributed by atoms with E-state index >= 15 is 0 Å². The quantitative estimate of drug-likeness (QED) is 0.631. The van der Waals surface area contributed by atoms with E-state index in [9.17, 15) is 4.79 Å². The summed E-state index contributed by atoms with van der Waals surface area (Å²) in [6, 6.07) is 0. The molecule has 0 aliphatic heterocycles. The van der Waals surface area contributed by atoms with Gasteiger partial charge in [0.25, 0.3) is 5.89 Å². The molecule has 9 heteroatoms. The van der Waals surface area contributed by atoms with E-state index < -0.39 is 0 Å². The molecule has 0 saturated heterocycles. The van der Waals surface area contributed by atoms with E-state index in [1.54, 1.807) is 18.6 Å². The third-order valence-corrected chi connectivity index (χ3v) is 5.79. The Balaban J connectivity index is 1.20. The summed E-state index contributed by atoms with van der Waals surface area (Å²) in [4.78, 5) is 20.4. The van der Waals surface area contributed by atoms with Crippen LogP contribution in [-0.2, 0) is 11.2 Å². The number of carbonyl (C=O) groups is 1. The molecule has 1 N–H and O–H groups in total. The zero-order chi connectivity index (χ0) is 20.9. The zero-order valence-corrected chi connectivity index (χ0v) is 17.3. The van der Waals surface area contributed by atoms with Crippen molar-refractivity contribution in [2.24, 2.45) is 5.92 Å². The molecule has 1 fully saturated rings. The number of hydrogen-bond donors (Lipinski definition) is 1. The smallest absolute Gasteiger partial charge is 0.267 e. The SMILES string of the molecule is Cc1noc(C)c1CCC(=O)NCC1CCC(c2nnc(-c3cnccn3)o2)CC1. The van der Waals surface area contributed by atoms with Gasteiger partial charge in [0.05, 0.1) is 11.9 Å². The van der Waals surface area contributed by atoms with Crippen molar-refractivity contribution in [2.75, 3.05) is 6.54 Å². The summed E-state index contributed by atoms with van der Waals surface area (Å²) in [7, 11) is 0. The zero-order valence-electron chi connectivity index (χ0n) is 17.3. The Hall–Kier alpha value is -3.10. The fourth-order valence-electron chi connectivity index (χ4n) is 3.97. The van der Waals surface area contributed by atoms with Crippen LogP contribution in [-0.4, -0.2) is 37.8 Å². The average molecular weight is 410 g/mol. The second-order valence-electron chi connectivity index (χ2n) is 7.86. The molecule has 30 heavy (non-hydrogen) atoms. The first kappa shape index (κ1) is 20.2. The highest BCUT2D eigenvalue weighted by Crippen LogP contribution is 2.35. The van der Waals surface area contributed by atoms with E-state index in [0.29, 0.717) is 42.8 Å². The summed E-state index contributed by atoms with van der Waals surface area (Å²) in [5, 5.41) is 15.3. The number of amides is 1. The normalized spacial score (nSPS) is 19.0. The Labute approximate surface area is 174 Å². The first-order chi connectivity index (χ1) is 14.6. The van der Waals surface area contributed by atoms with Crippen molar-refractivity contribution in [2.45, 2.75) is 58.3 Å². The molecular weight excluding hydrogens is 384 g/mol. The lowest BCUT2D eigenvalue weighted by molar-refractivity contribution is -0.121. The minimum Gasteiger partial charge on any atom is -0.419 e. The predicted molar refractivity (Wildman–Crippen MR) is 107 cm³/mol. The van der Waals surface area contributed by atoms with Gasteiger partial charge in [-0.15, -0.1) is 10.2 Å². The molecule has 0 spiro atoms. The summed E-state index contributed by atoms with van der Waals surface area (Å²) in [6.07, 6.45) is 9.93. The van der Waals surface area contributed by atoms with Crippen LogP contribution in [0.2, 0.25) is 0 Å². The Morgan fingerprint density at radius 3 is 2.70 bits per heavy atom. The summed E-state index contributed by atoms with van der Waals surface area (Å²) >= 11 is 0. The van der Waals surface area contributed by atoms with Crippen molar-refractivity contribution < 1.29 is 13.7 Å². The van der Waals surface area contributed by atoms with Crippen LogP contribution in [0.3, 0.4) is 0 Å². The molecule has 1 aliphatic rings. The molecule has 0 aromatic carbocycles. The molecule has 3 aromatic rings. The molecule has 9 nitrogen and oxygen atoms in total. The average Bonchev–Trinajstić information content (AvgIpc) is 3.39. The van der Waals surface area contributed by atoms with Crippen molar-refractivity contribution in [1.82, 2.24) is 30.6 Å². The lowest BCUT2D eigenvalue weighted by Crippen LogP contribution is -2.31. The third-order valence-electron chi connectivity index (χ3n) is 5.79. The first-order valence-electron chi connectivity index (χ1n) is 10.4. The van der Waals surface area contributed by atoms with E-state index in [0.717, 1.165) is 42.7 Å². The van der Waals surface area contributed by atoms with Gasteiger partial charge >= 0.3 is 0 Å². The van der Waals surface area contributed by atoms with Crippen molar-refractivity contribution >= 4 is 5.91 Å². The third kappa shape index (κ3) is 4.72. The van der Waals surface area contributed by atoms with Gasteiger partial charge in [-0.2, -0.15) is 0 Å². The molecule has 4 rings (SSSR count). The van der Waals surface area contributed by atoms with Crippen molar-refractivity contribution in [3.05, 3.63) is 41.5 Å². The van der Waals surface area contributed by atoms with Crippen LogP contribution in [0.15, 0.2) is 27.5 Å². The second kappa shape index (κ2) is 9.15.